The van der Waals surface area contributed by atoms with E-state index in [-0.39, 0.29) is 6.04 Å². The van der Waals surface area contributed by atoms with Crippen molar-refractivity contribution in [3.05, 3.63) is 35.5 Å². The molecule has 3 rings (SSSR count). The van der Waals surface area contributed by atoms with Crippen molar-refractivity contribution in [1.82, 2.24) is 10.3 Å². The second kappa shape index (κ2) is 4.17. The van der Waals surface area contributed by atoms with Gasteiger partial charge in [-0.2, -0.15) is 0 Å². The number of benzene rings is 1. The summed E-state index contributed by atoms with van der Waals surface area (Å²) in [6, 6.07) is 9.16. The van der Waals surface area contributed by atoms with Crippen LogP contribution in [0, 0.1) is 0 Å². The van der Waals surface area contributed by atoms with Gasteiger partial charge in [0, 0.05) is 28.7 Å². The van der Waals surface area contributed by atoms with Crippen molar-refractivity contribution in [1.29, 1.82) is 0 Å². The Balaban J connectivity index is 2.07. The van der Waals surface area contributed by atoms with E-state index in [1.54, 1.807) is 0 Å². The molecule has 17 heavy (non-hydrogen) atoms. The molecular formula is C14H19N3. The predicted octanol–water partition coefficient (Wildman–Crippen LogP) is 2.09. The lowest BCUT2D eigenvalue weighted by molar-refractivity contribution is 0.439. The molecule has 0 saturated heterocycles. The Bertz CT molecular complexity index is 527. The van der Waals surface area contributed by atoms with Crippen LogP contribution in [0.25, 0.3) is 10.9 Å². The van der Waals surface area contributed by atoms with E-state index in [4.69, 9.17) is 5.73 Å². The molecule has 0 bridgehead atoms. The summed E-state index contributed by atoms with van der Waals surface area (Å²) in [5, 5.41) is 4.93. The van der Waals surface area contributed by atoms with Gasteiger partial charge in [0.25, 0.3) is 0 Å². The number of aromatic amines is 1. The molecule has 0 spiro atoms. The molecular weight excluding hydrogens is 210 g/mol. The molecule has 1 aliphatic rings. The van der Waals surface area contributed by atoms with Crippen LogP contribution in [0.5, 0.6) is 0 Å². The Labute approximate surface area is 101 Å². The number of hydrogen-bond acceptors (Lipinski definition) is 2. The van der Waals surface area contributed by atoms with Crippen LogP contribution in [0.1, 0.15) is 30.6 Å². The van der Waals surface area contributed by atoms with Gasteiger partial charge in [0.15, 0.2) is 0 Å². The molecule has 2 unspecified atom stereocenters. The van der Waals surface area contributed by atoms with Crippen molar-refractivity contribution in [3.8, 4) is 0 Å². The minimum atomic E-state index is 0.227. The van der Waals surface area contributed by atoms with Gasteiger partial charge in [-0.15, -0.1) is 0 Å². The first-order valence-electron chi connectivity index (χ1n) is 6.34. The number of rotatable bonds is 2. The van der Waals surface area contributed by atoms with Crippen molar-refractivity contribution in [2.75, 3.05) is 6.54 Å². The molecule has 0 aliphatic carbocycles. The van der Waals surface area contributed by atoms with Gasteiger partial charge in [0.05, 0.1) is 0 Å². The quantitative estimate of drug-likeness (QED) is 0.738. The molecule has 2 heterocycles. The zero-order valence-corrected chi connectivity index (χ0v) is 10.2. The molecule has 1 aliphatic heterocycles. The number of hydrogen-bond donors (Lipinski definition) is 3. The zero-order chi connectivity index (χ0) is 11.8. The van der Waals surface area contributed by atoms with E-state index in [0.29, 0.717) is 6.04 Å². The lowest BCUT2D eigenvalue weighted by Crippen LogP contribution is -2.33. The highest BCUT2D eigenvalue weighted by atomic mass is 15.0. The largest absolute Gasteiger partial charge is 0.357 e. The fourth-order valence-electron chi connectivity index (χ4n) is 2.83. The van der Waals surface area contributed by atoms with Gasteiger partial charge in [0.1, 0.15) is 0 Å². The van der Waals surface area contributed by atoms with E-state index in [9.17, 15) is 0 Å². The van der Waals surface area contributed by atoms with E-state index in [1.807, 2.05) is 0 Å². The molecule has 2 aromatic rings. The van der Waals surface area contributed by atoms with Crippen molar-refractivity contribution in [3.63, 3.8) is 0 Å². The minimum absolute atomic E-state index is 0.227. The molecule has 0 radical (unpaired) electrons. The van der Waals surface area contributed by atoms with E-state index >= 15 is 0 Å². The van der Waals surface area contributed by atoms with Crippen molar-refractivity contribution in [2.24, 2.45) is 5.73 Å². The summed E-state index contributed by atoms with van der Waals surface area (Å²) < 4.78 is 0. The number of fused-ring (bicyclic) bond motifs is 3. The number of aromatic nitrogens is 1. The van der Waals surface area contributed by atoms with Crippen molar-refractivity contribution in [2.45, 2.75) is 31.8 Å². The SMILES string of the molecule is CC(N)CC1NCCc2c1[nH]c1ccccc21. The summed E-state index contributed by atoms with van der Waals surface area (Å²) in [4.78, 5) is 3.55. The number of H-pyrrole nitrogens is 1. The van der Waals surface area contributed by atoms with Gasteiger partial charge in [-0.3, -0.25) is 0 Å². The highest BCUT2D eigenvalue weighted by Gasteiger charge is 2.24. The standard InChI is InChI=1S/C14H19N3/c1-9(15)8-13-14-11(6-7-16-13)10-4-2-3-5-12(10)17-14/h2-5,9,13,16-17H,6-8,15H2,1H3. The first-order chi connectivity index (χ1) is 8.25. The molecule has 0 amide bonds. The van der Waals surface area contributed by atoms with Gasteiger partial charge < -0.3 is 16.0 Å². The third kappa shape index (κ3) is 1.85. The van der Waals surface area contributed by atoms with Gasteiger partial charge in [0.2, 0.25) is 0 Å². The van der Waals surface area contributed by atoms with Crippen LogP contribution >= 0.6 is 0 Å². The average Bonchev–Trinajstić information content (AvgIpc) is 2.68. The monoisotopic (exact) mass is 229 g/mol. The topological polar surface area (TPSA) is 53.8 Å². The van der Waals surface area contributed by atoms with E-state index < -0.39 is 0 Å². The summed E-state index contributed by atoms with van der Waals surface area (Å²) in [5.74, 6) is 0. The fraction of sp³-hybridized carbons (Fsp3) is 0.429. The van der Waals surface area contributed by atoms with Crippen LogP contribution in [0.2, 0.25) is 0 Å². The van der Waals surface area contributed by atoms with Gasteiger partial charge in [-0.25, -0.2) is 0 Å². The second-order valence-electron chi connectivity index (χ2n) is 5.03. The zero-order valence-electron chi connectivity index (χ0n) is 10.2. The Hall–Kier alpha value is -1.32. The lowest BCUT2D eigenvalue weighted by Gasteiger charge is -2.25. The molecule has 0 fully saturated rings. The van der Waals surface area contributed by atoms with Crippen LogP contribution in [0.3, 0.4) is 0 Å². The highest BCUT2D eigenvalue weighted by molar-refractivity contribution is 5.85. The first kappa shape index (κ1) is 10.8. The van der Waals surface area contributed by atoms with Crippen molar-refractivity contribution >= 4 is 10.9 Å². The minimum Gasteiger partial charge on any atom is -0.357 e. The molecule has 1 aromatic heterocycles. The third-order valence-corrected chi connectivity index (χ3v) is 3.57. The van der Waals surface area contributed by atoms with E-state index in [2.05, 4.69) is 41.5 Å². The maximum atomic E-state index is 5.92. The van der Waals surface area contributed by atoms with Crippen LogP contribution in [0.15, 0.2) is 24.3 Å². The maximum absolute atomic E-state index is 5.92. The molecule has 1 aromatic carbocycles. The molecule has 4 N–H and O–H groups in total. The summed E-state index contributed by atoms with van der Waals surface area (Å²) in [5.41, 5.74) is 9.99. The molecule has 3 heteroatoms. The normalized spacial score (nSPS) is 21.4. The second-order valence-corrected chi connectivity index (χ2v) is 5.03. The van der Waals surface area contributed by atoms with Crippen LogP contribution < -0.4 is 11.1 Å². The van der Waals surface area contributed by atoms with Gasteiger partial charge >= 0.3 is 0 Å². The number of nitrogens with one attached hydrogen (secondary N) is 2. The van der Waals surface area contributed by atoms with E-state index in [1.165, 1.54) is 22.2 Å². The van der Waals surface area contributed by atoms with Gasteiger partial charge in [-0.05, 0) is 37.9 Å². The van der Waals surface area contributed by atoms with E-state index in [0.717, 1.165) is 19.4 Å². The Kier molecular flexibility index (Phi) is 2.65. The number of para-hydroxylation sites is 1. The summed E-state index contributed by atoms with van der Waals surface area (Å²) in [6.45, 7) is 3.12. The summed E-state index contributed by atoms with van der Waals surface area (Å²) in [6.07, 6.45) is 2.09. The number of nitrogens with two attached hydrogens (primary N) is 1. The summed E-state index contributed by atoms with van der Waals surface area (Å²) in [7, 11) is 0. The van der Waals surface area contributed by atoms with Crippen molar-refractivity contribution < 1.29 is 0 Å². The van der Waals surface area contributed by atoms with Gasteiger partial charge in [-0.1, -0.05) is 18.2 Å². The fourth-order valence-corrected chi connectivity index (χ4v) is 2.83. The third-order valence-electron chi connectivity index (χ3n) is 3.57. The van der Waals surface area contributed by atoms with Crippen LogP contribution in [-0.2, 0) is 6.42 Å². The molecule has 90 valence electrons. The predicted molar refractivity (Wildman–Crippen MR) is 71.0 cm³/mol. The smallest absolute Gasteiger partial charge is 0.0490 e. The Morgan fingerprint density at radius 2 is 2.24 bits per heavy atom. The maximum Gasteiger partial charge on any atom is 0.0490 e. The summed E-state index contributed by atoms with van der Waals surface area (Å²) >= 11 is 0. The average molecular weight is 229 g/mol. The van der Waals surface area contributed by atoms with Crippen LogP contribution in [0.4, 0.5) is 0 Å². The molecule has 0 saturated carbocycles. The first-order valence-corrected chi connectivity index (χ1v) is 6.34. The molecule has 3 nitrogen and oxygen atoms in total. The Morgan fingerprint density at radius 1 is 1.41 bits per heavy atom. The molecule has 2 atom stereocenters. The Morgan fingerprint density at radius 3 is 3.06 bits per heavy atom. The lowest BCUT2D eigenvalue weighted by atomic mass is 9.95. The highest BCUT2D eigenvalue weighted by Crippen LogP contribution is 2.31. The van der Waals surface area contributed by atoms with Crippen LogP contribution in [-0.4, -0.2) is 17.6 Å².